The van der Waals surface area contributed by atoms with Gasteiger partial charge in [0.05, 0.1) is 0 Å². The van der Waals surface area contributed by atoms with Gasteiger partial charge in [0.25, 0.3) is 0 Å². The molecule has 1 aliphatic carbocycles. The minimum atomic E-state index is 0.179. The molecule has 18 heavy (non-hydrogen) atoms. The van der Waals surface area contributed by atoms with Crippen molar-refractivity contribution in [1.29, 1.82) is 0 Å². The summed E-state index contributed by atoms with van der Waals surface area (Å²) in [5.74, 6) is 0. The van der Waals surface area contributed by atoms with Crippen molar-refractivity contribution in [2.24, 2.45) is 11.1 Å². The predicted octanol–water partition coefficient (Wildman–Crippen LogP) is 2.60. The second-order valence-corrected chi connectivity index (χ2v) is 6.56. The van der Waals surface area contributed by atoms with Gasteiger partial charge in [0, 0.05) is 18.5 Å². The standard InChI is InChI=1S/C16H26N2/c1-13-4-6-14(7-5-13)15(2,3)11-18-12-16(10-17)8-9-16/h4-7,18H,8-12,17H2,1-3H3. The first-order valence-corrected chi connectivity index (χ1v) is 6.95. The highest BCUT2D eigenvalue weighted by atomic mass is 14.9. The van der Waals surface area contributed by atoms with Crippen LogP contribution < -0.4 is 11.1 Å². The smallest absolute Gasteiger partial charge is 0.00434 e. The van der Waals surface area contributed by atoms with E-state index in [1.165, 1.54) is 24.0 Å². The van der Waals surface area contributed by atoms with Gasteiger partial charge in [0.1, 0.15) is 0 Å². The molecule has 2 heteroatoms. The Kier molecular flexibility index (Phi) is 3.79. The number of benzene rings is 1. The molecule has 0 bridgehead atoms. The lowest BCUT2D eigenvalue weighted by atomic mass is 9.84. The number of nitrogens with two attached hydrogens (primary N) is 1. The molecule has 100 valence electrons. The maximum absolute atomic E-state index is 5.81. The fraction of sp³-hybridized carbons (Fsp3) is 0.625. The minimum Gasteiger partial charge on any atom is -0.330 e. The van der Waals surface area contributed by atoms with E-state index < -0.39 is 0 Å². The van der Waals surface area contributed by atoms with Gasteiger partial charge in [-0.3, -0.25) is 0 Å². The molecule has 0 aromatic heterocycles. The summed E-state index contributed by atoms with van der Waals surface area (Å²) in [5.41, 5.74) is 9.13. The van der Waals surface area contributed by atoms with Crippen molar-refractivity contribution < 1.29 is 0 Å². The Morgan fingerprint density at radius 2 is 1.83 bits per heavy atom. The lowest BCUT2D eigenvalue weighted by Crippen LogP contribution is -2.38. The van der Waals surface area contributed by atoms with Gasteiger partial charge in [-0.1, -0.05) is 43.7 Å². The molecule has 1 aromatic carbocycles. The van der Waals surface area contributed by atoms with Crippen LogP contribution >= 0.6 is 0 Å². The average Bonchev–Trinajstić information content (AvgIpc) is 3.10. The molecule has 0 aliphatic heterocycles. The number of hydrogen-bond acceptors (Lipinski definition) is 2. The zero-order chi connectivity index (χ0) is 13.2. The van der Waals surface area contributed by atoms with E-state index in [-0.39, 0.29) is 5.41 Å². The maximum atomic E-state index is 5.81. The Hall–Kier alpha value is -0.860. The molecule has 0 spiro atoms. The molecule has 0 heterocycles. The largest absolute Gasteiger partial charge is 0.330 e. The van der Waals surface area contributed by atoms with Crippen LogP contribution in [0.25, 0.3) is 0 Å². The van der Waals surface area contributed by atoms with E-state index in [1.807, 2.05) is 0 Å². The van der Waals surface area contributed by atoms with Crippen LogP contribution in [-0.4, -0.2) is 19.6 Å². The van der Waals surface area contributed by atoms with Crippen LogP contribution in [0.2, 0.25) is 0 Å². The van der Waals surface area contributed by atoms with Crippen LogP contribution in [0.1, 0.15) is 37.8 Å². The molecule has 0 unspecified atom stereocenters. The Balaban J connectivity index is 1.88. The highest BCUT2D eigenvalue weighted by Gasteiger charge is 2.40. The van der Waals surface area contributed by atoms with E-state index in [0.717, 1.165) is 19.6 Å². The summed E-state index contributed by atoms with van der Waals surface area (Å²) in [7, 11) is 0. The maximum Gasteiger partial charge on any atom is 0.00434 e. The first-order chi connectivity index (χ1) is 8.47. The molecule has 3 N–H and O–H groups in total. The molecule has 1 aliphatic rings. The van der Waals surface area contributed by atoms with E-state index in [1.54, 1.807) is 0 Å². The SMILES string of the molecule is Cc1ccc(C(C)(C)CNCC2(CN)CC2)cc1. The van der Waals surface area contributed by atoms with Gasteiger partial charge in [-0.15, -0.1) is 0 Å². The third kappa shape index (κ3) is 3.12. The van der Waals surface area contributed by atoms with Crippen LogP contribution in [0.5, 0.6) is 0 Å². The zero-order valence-electron chi connectivity index (χ0n) is 11.9. The molecular weight excluding hydrogens is 220 g/mol. The van der Waals surface area contributed by atoms with Crippen molar-refractivity contribution >= 4 is 0 Å². The number of nitrogens with one attached hydrogen (secondary N) is 1. The number of rotatable bonds is 6. The van der Waals surface area contributed by atoms with Gasteiger partial charge < -0.3 is 11.1 Å². The van der Waals surface area contributed by atoms with Gasteiger partial charge in [-0.2, -0.15) is 0 Å². The summed E-state index contributed by atoms with van der Waals surface area (Å²) >= 11 is 0. The number of hydrogen-bond donors (Lipinski definition) is 2. The van der Waals surface area contributed by atoms with Crippen molar-refractivity contribution in [1.82, 2.24) is 5.32 Å². The van der Waals surface area contributed by atoms with Crippen molar-refractivity contribution in [3.05, 3.63) is 35.4 Å². The van der Waals surface area contributed by atoms with E-state index >= 15 is 0 Å². The van der Waals surface area contributed by atoms with Gasteiger partial charge in [0.2, 0.25) is 0 Å². The van der Waals surface area contributed by atoms with Crippen molar-refractivity contribution in [2.75, 3.05) is 19.6 Å². The zero-order valence-corrected chi connectivity index (χ0v) is 11.9. The first kappa shape index (κ1) is 13.6. The second kappa shape index (κ2) is 5.02. The fourth-order valence-electron chi connectivity index (χ4n) is 2.38. The summed E-state index contributed by atoms with van der Waals surface area (Å²) in [6.07, 6.45) is 2.59. The summed E-state index contributed by atoms with van der Waals surface area (Å²) in [6.45, 7) is 9.63. The van der Waals surface area contributed by atoms with Crippen molar-refractivity contribution in [3.63, 3.8) is 0 Å². The molecule has 1 fully saturated rings. The predicted molar refractivity (Wildman–Crippen MR) is 77.8 cm³/mol. The monoisotopic (exact) mass is 246 g/mol. The molecule has 0 amide bonds. The van der Waals surface area contributed by atoms with Crippen LogP contribution in [-0.2, 0) is 5.41 Å². The molecule has 2 rings (SSSR count). The minimum absolute atomic E-state index is 0.179. The van der Waals surface area contributed by atoms with Crippen molar-refractivity contribution in [3.8, 4) is 0 Å². The topological polar surface area (TPSA) is 38.0 Å². The highest BCUT2D eigenvalue weighted by Crippen LogP contribution is 2.43. The fourth-order valence-corrected chi connectivity index (χ4v) is 2.38. The molecule has 0 atom stereocenters. The molecule has 1 saturated carbocycles. The van der Waals surface area contributed by atoms with E-state index in [4.69, 9.17) is 5.73 Å². The molecule has 2 nitrogen and oxygen atoms in total. The van der Waals surface area contributed by atoms with Gasteiger partial charge in [-0.05, 0) is 37.3 Å². The van der Waals surface area contributed by atoms with Crippen LogP contribution in [0.4, 0.5) is 0 Å². The summed E-state index contributed by atoms with van der Waals surface area (Å²) in [6, 6.07) is 8.87. The highest BCUT2D eigenvalue weighted by molar-refractivity contribution is 5.27. The molecular formula is C16H26N2. The van der Waals surface area contributed by atoms with Crippen LogP contribution in [0.3, 0.4) is 0 Å². The van der Waals surface area contributed by atoms with Crippen molar-refractivity contribution in [2.45, 2.75) is 39.0 Å². The van der Waals surface area contributed by atoms with Gasteiger partial charge >= 0.3 is 0 Å². The van der Waals surface area contributed by atoms with Crippen LogP contribution in [0.15, 0.2) is 24.3 Å². The van der Waals surface area contributed by atoms with Gasteiger partial charge in [0.15, 0.2) is 0 Å². The molecule has 0 saturated heterocycles. The quantitative estimate of drug-likeness (QED) is 0.809. The Morgan fingerprint density at radius 1 is 1.22 bits per heavy atom. The van der Waals surface area contributed by atoms with E-state index in [0.29, 0.717) is 5.41 Å². The summed E-state index contributed by atoms with van der Waals surface area (Å²) in [5, 5.41) is 3.61. The first-order valence-electron chi connectivity index (χ1n) is 6.95. The van der Waals surface area contributed by atoms with E-state index in [2.05, 4.69) is 50.4 Å². The molecule has 0 radical (unpaired) electrons. The number of aryl methyl sites for hydroxylation is 1. The van der Waals surface area contributed by atoms with Crippen LogP contribution in [0, 0.1) is 12.3 Å². The average molecular weight is 246 g/mol. The summed E-state index contributed by atoms with van der Waals surface area (Å²) < 4.78 is 0. The lowest BCUT2D eigenvalue weighted by molar-refractivity contribution is 0.410. The Morgan fingerprint density at radius 3 is 2.33 bits per heavy atom. The Bertz CT molecular complexity index is 388. The Labute approximate surface area is 111 Å². The third-order valence-corrected chi connectivity index (χ3v) is 4.29. The second-order valence-electron chi connectivity index (χ2n) is 6.56. The summed E-state index contributed by atoms with van der Waals surface area (Å²) in [4.78, 5) is 0. The van der Waals surface area contributed by atoms with E-state index in [9.17, 15) is 0 Å². The normalized spacial score (nSPS) is 17.8. The molecule has 1 aromatic rings. The van der Waals surface area contributed by atoms with Gasteiger partial charge in [-0.25, -0.2) is 0 Å². The lowest BCUT2D eigenvalue weighted by Gasteiger charge is -2.27. The third-order valence-electron chi connectivity index (χ3n) is 4.29.